The number of aromatic nitrogens is 2. The molecule has 0 saturated carbocycles. The van der Waals surface area contributed by atoms with Gasteiger partial charge in [0.1, 0.15) is 18.0 Å². The molecule has 5 heteroatoms. The fourth-order valence-corrected chi connectivity index (χ4v) is 1.68. The highest BCUT2D eigenvalue weighted by Crippen LogP contribution is 2.28. The van der Waals surface area contributed by atoms with Gasteiger partial charge in [-0.1, -0.05) is 20.8 Å². The summed E-state index contributed by atoms with van der Waals surface area (Å²) in [6.07, 6.45) is 2.22. The van der Waals surface area contributed by atoms with E-state index in [2.05, 4.69) is 34.4 Å². The average molecular weight is 252 g/mol. The molecule has 1 heterocycles. The quantitative estimate of drug-likeness (QED) is 0.724. The Bertz CT molecular complexity index is 391. The van der Waals surface area contributed by atoms with E-state index in [0.29, 0.717) is 18.9 Å². The summed E-state index contributed by atoms with van der Waals surface area (Å²) >= 11 is 0. The summed E-state index contributed by atoms with van der Waals surface area (Å²) in [5.41, 5.74) is 0.325. The van der Waals surface area contributed by atoms with Gasteiger partial charge in [-0.25, -0.2) is 9.97 Å². The molecule has 0 aliphatic carbocycles. The summed E-state index contributed by atoms with van der Waals surface area (Å²) in [5.74, 6) is 1.93. The van der Waals surface area contributed by atoms with Crippen molar-refractivity contribution in [3.8, 4) is 0 Å². The summed E-state index contributed by atoms with van der Waals surface area (Å²) in [6.45, 7) is 8.45. The molecule has 102 valence electrons. The van der Waals surface area contributed by atoms with Crippen LogP contribution in [0.4, 0.5) is 11.6 Å². The van der Waals surface area contributed by atoms with Crippen molar-refractivity contribution in [1.82, 2.24) is 9.97 Å². The van der Waals surface area contributed by atoms with Crippen molar-refractivity contribution >= 4 is 11.6 Å². The third-order valence-corrected chi connectivity index (χ3v) is 3.10. The number of nitrogens with zero attached hydrogens (tertiary/aromatic N) is 2. The molecule has 18 heavy (non-hydrogen) atoms. The minimum atomic E-state index is -0.723. The molecule has 0 bridgehead atoms. The number of hydrogen-bond acceptors (Lipinski definition) is 5. The van der Waals surface area contributed by atoms with Crippen LogP contribution in [0, 0.1) is 0 Å². The van der Waals surface area contributed by atoms with Gasteiger partial charge >= 0.3 is 0 Å². The molecule has 1 rings (SSSR count). The zero-order valence-corrected chi connectivity index (χ0v) is 11.9. The van der Waals surface area contributed by atoms with Crippen molar-refractivity contribution < 1.29 is 5.11 Å². The van der Waals surface area contributed by atoms with Crippen molar-refractivity contribution in [2.45, 2.75) is 45.6 Å². The van der Waals surface area contributed by atoms with E-state index < -0.39 is 5.60 Å². The second kappa shape index (κ2) is 6.00. The summed E-state index contributed by atoms with van der Waals surface area (Å²) in [4.78, 5) is 8.49. The van der Waals surface area contributed by atoms with Crippen LogP contribution < -0.4 is 10.6 Å². The largest absolute Gasteiger partial charge is 0.388 e. The Morgan fingerprint density at radius 2 is 1.94 bits per heavy atom. The lowest BCUT2D eigenvalue weighted by Crippen LogP contribution is -2.33. The molecule has 0 saturated heterocycles. The van der Waals surface area contributed by atoms with Gasteiger partial charge in [-0.3, -0.25) is 0 Å². The highest BCUT2D eigenvalue weighted by molar-refractivity contribution is 5.58. The number of rotatable bonds is 6. The monoisotopic (exact) mass is 252 g/mol. The molecule has 1 unspecified atom stereocenters. The van der Waals surface area contributed by atoms with Gasteiger partial charge in [0.2, 0.25) is 0 Å². The van der Waals surface area contributed by atoms with E-state index >= 15 is 0 Å². The van der Waals surface area contributed by atoms with Gasteiger partial charge in [-0.05, 0) is 19.3 Å². The Morgan fingerprint density at radius 3 is 2.44 bits per heavy atom. The number of nitrogens with one attached hydrogen (secondary N) is 2. The van der Waals surface area contributed by atoms with Gasteiger partial charge in [0, 0.05) is 19.2 Å². The lowest BCUT2D eigenvalue weighted by Gasteiger charge is -2.24. The van der Waals surface area contributed by atoms with Crippen molar-refractivity contribution in [2.75, 3.05) is 24.2 Å². The standard InChI is InChI=1S/C13H24N4O/c1-6-13(4,18)7-15-12-10(9(2)3)11(14-5)16-8-17-12/h8-9,18H,6-7H2,1-5H3,(H2,14,15,16,17). The molecule has 0 spiro atoms. The molecule has 0 fully saturated rings. The molecule has 0 aliphatic rings. The Kier molecular flexibility index (Phi) is 4.90. The van der Waals surface area contributed by atoms with Gasteiger partial charge in [-0.2, -0.15) is 0 Å². The second-order valence-corrected chi connectivity index (χ2v) is 5.09. The molecule has 0 radical (unpaired) electrons. The van der Waals surface area contributed by atoms with Crippen molar-refractivity contribution in [2.24, 2.45) is 0 Å². The lowest BCUT2D eigenvalue weighted by molar-refractivity contribution is 0.0696. The van der Waals surface area contributed by atoms with Crippen molar-refractivity contribution in [1.29, 1.82) is 0 Å². The maximum Gasteiger partial charge on any atom is 0.135 e. The Balaban J connectivity index is 2.95. The highest BCUT2D eigenvalue weighted by atomic mass is 16.3. The fourth-order valence-electron chi connectivity index (χ4n) is 1.68. The summed E-state index contributed by atoms with van der Waals surface area (Å²) in [5, 5.41) is 16.3. The summed E-state index contributed by atoms with van der Waals surface area (Å²) in [7, 11) is 1.85. The van der Waals surface area contributed by atoms with Gasteiger partial charge in [-0.15, -0.1) is 0 Å². The fraction of sp³-hybridized carbons (Fsp3) is 0.692. The summed E-state index contributed by atoms with van der Waals surface area (Å²) < 4.78 is 0. The second-order valence-electron chi connectivity index (χ2n) is 5.09. The normalized spacial score (nSPS) is 14.4. The topological polar surface area (TPSA) is 70.1 Å². The lowest BCUT2D eigenvalue weighted by atomic mass is 10.0. The van der Waals surface area contributed by atoms with Gasteiger partial charge in [0.15, 0.2) is 0 Å². The first-order valence-electron chi connectivity index (χ1n) is 6.40. The Hall–Kier alpha value is -1.36. The number of anilines is 2. The number of aliphatic hydroxyl groups is 1. The van der Waals surface area contributed by atoms with Crippen molar-refractivity contribution in [3.05, 3.63) is 11.9 Å². The van der Waals surface area contributed by atoms with E-state index in [1.165, 1.54) is 6.33 Å². The van der Waals surface area contributed by atoms with E-state index in [0.717, 1.165) is 17.2 Å². The van der Waals surface area contributed by atoms with Crippen LogP contribution in [0.15, 0.2) is 6.33 Å². The van der Waals surface area contributed by atoms with Crippen molar-refractivity contribution in [3.63, 3.8) is 0 Å². The maximum absolute atomic E-state index is 10.0. The van der Waals surface area contributed by atoms with E-state index in [1.807, 2.05) is 20.9 Å². The van der Waals surface area contributed by atoms with E-state index in [-0.39, 0.29) is 0 Å². The predicted octanol–water partition coefficient (Wildman–Crippen LogP) is 2.21. The van der Waals surface area contributed by atoms with Crippen LogP contribution >= 0.6 is 0 Å². The molecule has 0 aromatic carbocycles. The zero-order valence-electron chi connectivity index (χ0n) is 11.9. The molecular weight excluding hydrogens is 228 g/mol. The van der Waals surface area contributed by atoms with Gasteiger partial charge in [0.25, 0.3) is 0 Å². The summed E-state index contributed by atoms with van der Waals surface area (Å²) in [6, 6.07) is 0. The van der Waals surface area contributed by atoms with Crippen LogP contribution in [0.2, 0.25) is 0 Å². The van der Waals surface area contributed by atoms with Crippen LogP contribution in [0.3, 0.4) is 0 Å². The molecule has 1 aromatic rings. The molecule has 5 nitrogen and oxygen atoms in total. The Labute approximate surface area is 109 Å². The van der Waals surface area contributed by atoms with E-state index in [9.17, 15) is 5.11 Å². The van der Waals surface area contributed by atoms with Crippen LogP contribution in [0.5, 0.6) is 0 Å². The first-order chi connectivity index (χ1) is 8.41. The van der Waals surface area contributed by atoms with Crippen LogP contribution in [0.1, 0.15) is 45.6 Å². The zero-order chi connectivity index (χ0) is 13.8. The van der Waals surface area contributed by atoms with Crippen LogP contribution in [-0.2, 0) is 0 Å². The predicted molar refractivity (Wildman–Crippen MR) is 75.1 cm³/mol. The first-order valence-corrected chi connectivity index (χ1v) is 6.40. The first kappa shape index (κ1) is 14.7. The molecule has 0 aliphatic heterocycles. The Morgan fingerprint density at radius 1 is 1.33 bits per heavy atom. The number of hydrogen-bond donors (Lipinski definition) is 3. The molecule has 3 N–H and O–H groups in total. The third kappa shape index (κ3) is 3.57. The van der Waals surface area contributed by atoms with Gasteiger partial charge < -0.3 is 15.7 Å². The minimum Gasteiger partial charge on any atom is -0.388 e. The third-order valence-electron chi connectivity index (χ3n) is 3.10. The van der Waals surface area contributed by atoms with Gasteiger partial charge in [0.05, 0.1) is 5.60 Å². The minimum absolute atomic E-state index is 0.308. The molecule has 1 atom stereocenters. The highest BCUT2D eigenvalue weighted by Gasteiger charge is 2.20. The maximum atomic E-state index is 10.0. The molecule has 0 amide bonds. The SMILES string of the molecule is CCC(C)(O)CNc1ncnc(NC)c1C(C)C. The van der Waals surface area contributed by atoms with Crippen LogP contribution in [-0.4, -0.2) is 34.3 Å². The van der Waals surface area contributed by atoms with E-state index in [1.54, 1.807) is 0 Å². The smallest absolute Gasteiger partial charge is 0.135 e. The molecular formula is C13H24N4O. The van der Waals surface area contributed by atoms with Crippen LogP contribution in [0.25, 0.3) is 0 Å². The average Bonchev–Trinajstić information content (AvgIpc) is 2.35. The molecule has 1 aromatic heterocycles. The van der Waals surface area contributed by atoms with E-state index in [4.69, 9.17) is 0 Å².